The Kier molecular flexibility index (Phi) is 6.64. The minimum absolute atomic E-state index is 0.161. The van der Waals surface area contributed by atoms with Gasteiger partial charge in [-0.3, -0.25) is 14.6 Å². The van der Waals surface area contributed by atoms with E-state index in [-0.39, 0.29) is 5.56 Å². The third-order valence-electron chi connectivity index (χ3n) is 2.71. The first-order valence-electron chi connectivity index (χ1n) is 6.27. The second kappa shape index (κ2) is 8.23. The molecule has 1 unspecified atom stereocenters. The number of carbonyl (C=O) groups is 2. The topological polar surface area (TPSA) is 121 Å². The summed E-state index contributed by atoms with van der Waals surface area (Å²) in [6, 6.07) is -0.771. The molecule has 0 saturated carbocycles. The van der Waals surface area contributed by atoms with Gasteiger partial charge < -0.3 is 15.0 Å². The van der Waals surface area contributed by atoms with Gasteiger partial charge in [0.05, 0.1) is 12.7 Å². The summed E-state index contributed by atoms with van der Waals surface area (Å²) in [5, 5.41) is 2.48. The Hall–Kier alpha value is -2.29. The average molecular weight is 327 g/mol. The van der Waals surface area contributed by atoms with Crippen LogP contribution >= 0.6 is 11.8 Å². The highest BCUT2D eigenvalue weighted by atomic mass is 32.2. The van der Waals surface area contributed by atoms with Crippen LogP contribution in [-0.2, 0) is 14.3 Å². The van der Waals surface area contributed by atoms with Crippen molar-refractivity contribution in [2.75, 3.05) is 19.1 Å². The molecule has 0 aliphatic rings. The van der Waals surface area contributed by atoms with Crippen LogP contribution in [0.2, 0.25) is 0 Å². The normalized spacial score (nSPS) is 12.1. The largest absolute Gasteiger partial charge is 0.467 e. The Morgan fingerprint density at radius 3 is 2.59 bits per heavy atom. The fourth-order valence-electron chi connectivity index (χ4n) is 1.67. The lowest BCUT2D eigenvalue weighted by Crippen LogP contribution is -2.42. The summed E-state index contributed by atoms with van der Waals surface area (Å²) < 4.78 is 4.59. The molecule has 0 aliphatic heterocycles. The minimum Gasteiger partial charge on any atom is -0.467 e. The Morgan fingerprint density at radius 1 is 1.36 bits per heavy atom. The third kappa shape index (κ3) is 4.92. The number of aryl methyl sites for hydroxylation is 1. The van der Waals surface area contributed by atoms with Gasteiger partial charge in [-0.05, 0) is 19.3 Å². The number of ether oxygens (including phenoxy) is 1. The van der Waals surface area contributed by atoms with Crippen LogP contribution in [0.25, 0.3) is 6.08 Å². The van der Waals surface area contributed by atoms with Gasteiger partial charge in [-0.15, -0.1) is 0 Å². The van der Waals surface area contributed by atoms with Crippen molar-refractivity contribution in [1.29, 1.82) is 0 Å². The van der Waals surface area contributed by atoms with Crippen molar-refractivity contribution in [3.63, 3.8) is 0 Å². The molecule has 0 fully saturated rings. The molecule has 8 nitrogen and oxygen atoms in total. The van der Waals surface area contributed by atoms with Gasteiger partial charge in [0.1, 0.15) is 6.04 Å². The van der Waals surface area contributed by atoms with Gasteiger partial charge in [0.25, 0.3) is 5.56 Å². The minimum atomic E-state index is -0.771. The number of hydrogen-bond donors (Lipinski definition) is 3. The molecule has 1 heterocycles. The number of carbonyl (C=O) groups excluding carboxylic acids is 2. The first-order chi connectivity index (χ1) is 10.4. The van der Waals surface area contributed by atoms with Crippen LogP contribution in [0.4, 0.5) is 0 Å². The van der Waals surface area contributed by atoms with Gasteiger partial charge >= 0.3 is 11.7 Å². The number of thioether (sulfide) groups is 1. The molecule has 3 N–H and O–H groups in total. The van der Waals surface area contributed by atoms with E-state index >= 15 is 0 Å². The van der Waals surface area contributed by atoms with Crippen molar-refractivity contribution in [3.05, 3.63) is 38.2 Å². The molecule has 1 atom stereocenters. The number of amides is 1. The number of H-pyrrole nitrogens is 2. The lowest BCUT2D eigenvalue weighted by Gasteiger charge is -2.13. The SMILES string of the molecule is COC(=O)C(CSC)NC(=O)/C=C/c1c(C)[nH]c(=O)[nH]c1=O. The third-order valence-corrected chi connectivity index (χ3v) is 3.38. The van der Waals surface area contributed by atoms with E-state index in [1.54, 1.807) is 13.2 Å². The summed E-state index contributed by atoms with van der Waals surface area (Å²) in [4.78, 5) is 50.5. The van der Waals surface area contributed by atoms with E-state index in [2.05, 4.69) is 20.0 Å². The van der Waals surface area contributed by atoms with E-state index in [1.165, 1.54) is 24.9 Å². The molecule has 1 rings (SSSR count). The number of aromatic nitrogens is 2. The van der Waals surface area contributed by atoms with Crippen molar-refractivity contribution in [2.45, 2.75) is 13.0 Å². The smallest absolute Gasteiger partial charge is 0.329 e. The highest BCUT2D eigenvalue weighted by Crippen LogP contribution is 2.01. The molecular weight excluding hydrogens is 310 g/mol. The van der Waals surface area contributed by atoms with Crippen LogP contribution in [0.1, 0.15) is 11.3 Å². The second-order valence-corrected chi connectivity index (χ2v) is 5.23. The van der Waals surface area contributed by atoms with E-state index in [9.17, 15) is 19.2 Å². The Balaban J connectivity index is 2.86. The monoisotopic (exact) mass is 327 g/mol. The van der Waals surface area contributed by atoms with Crippen LogP contribution in [0.3, 0.4) is 0 Å². The number of nitrogens with one attached hydrogen (secondary N) is 3. The molecule has 0 aromatic carbocycles. The summed E-state index contributed by atoms with van der Waals surface area (Å²) in [6.45, 7) is 1.54. The number of aromatic amines is 2. The van der Waals surface area contributed by atoms with E-state index in [1.807, 2.05) is 0 Å². The lowest BCUT2D eigenvalue weighted by atomic mass is 10.2. The van der Waals surface area contributed by atoms with E-state index in [0.717, 1.165) is 6.08 Å². The van der Waals surface area contributed by atoms with Crippen LogP contribution in [0.5, 0.6) is 0 Å². The highest BCUT2D eigenvalue weighted by Gasteiger charge is 2.19. The molecule has 0 spiro atoms. The zero-order valence-electron chi connectivity index (χ0n) is 12.4. The summed E-state index contributed by atoms with van der Waals surface area (Å²) in [6.07, 6.45) is 4.18. The van der Waals surface area contributed by atoms with Crippen molar-refractivity contribution in [3.8, 4) is 0 Å². The van der Waals surface area contributed by atoms with Gasteiger partial charge in [-0.2, -0.15) is 11.8 Å². The molecule has 9 heteroatoms. The first kappa shape index (κ1) is 17.8. The molecule has 1 aromatic heterocycles. The number of rotatable bonds is 6. The maximum absolute atomic E-state index is 11.8. The average Bonchev–Trinajstić information content (AvgIpc) is 2.44. The fourth-order valence-corrected chi connectivity index (χ4v) is 2.22. The van der Waals surface area contributed by atoms with Crippen LogP contribution < -0.4 is 16.6 Å². The van der Waals surface area contributed by atoms with E-state index in [0.29, 0.717) is 11.4 Å². The van der Waals surface area contributed by atoms with Gasteiger partial charge in [0, 0.05) is 17.5 Å². The molecule has 0 radical (unpaired) electrons. The van der Waals surface area contributed by atoms with Crippen molar-refractivity contribution in [2.24, 2.45) is 0 Å². The predicted octanol–water partition coefficient (Wildman–Crippen LogP) is -0.594. The Labute approximate surface area is 130 Å². The van der Waals surface area contributed by atoms with Crippen molar-refractivity contribution >= 4 is 29.7 Å². The number of hydrogen-bond acceptors (Lipinski definition) is 6. The maximum atomic E-state index is 11.8. The molecule has 22 heavy (non-hydrogen) atoms. The summed E-state index contributed by atoms with van der Waals surface area (Å²) >= 11 is 1.38. The van der Waals surface area contributed by atoms with E-state index in [4.69, 9.17) is 0 Å². The number of esters is 1. The standard InChI is InChI=1S/C13H17N3O5S/c1-7-8(11(18)16-13(20)14-7)4-5-10(17)15-9(6-22-3)12(19)21-2/h4-5,9H,6H2,1-3H3,(H,15,17)(H2,14,16,18,20)/b5-4+. The second-order valence-electron chi connectivity index (χ2n) is 4.32. The molecule has 120 valence electrons. The molecular formula is C13H17N3O5S. The van der Waals surface area contributed by atoms with Crippen LogP contribution in [-0.4, -0.2) is 47.0 Å². The Morgan fingerprint density at radius 2 is 2.05 bits per heavy atom. The zero-order valence-corrected chi connectivity index (χ0v) is 13.2. The van der Waals surface area contributed by atoms with Gasteiger partial charge in [-0.25, -0.2) is 9.59 Å². The maximum Gasteiger partial charge on any atom is 0.329 e. The molecule has 0 bridgehead atoms. The first-order valence-corrected chi connectivity index (χ1v) is 7.67. The van der Waals surface area contributed by atoms with Crippen molar-refractivity contribution in [1.82, 2.24) is 15.3 Å². The van der Waals surface area contributed by atoms with Crippen LogP contribution in [0.15, 0.2) is 15.7 Å². The Bertz CT molecular complexity index is 692. The summed E-state index contributed by atoms with van der Waals surface area (Å²) in [5.74, 6) is -0.728. The lowest BCUT2D eigenvalue weighted by molar-refractivity contribution is -0.143. The quantitative estimate of drug-likeness (QED) is 0.474. The highest BCUT2D eigenvalue weighted by molar-refractivity contribution is 7.98. The molecule has 1 aromatic rings. The molecule has 0 aliphatic carbocycles. The van der Waals surface area contributed by atoms with Crippen molar-refractivity contribution < 1.29 is 14.3 Å². The predicted molar refractivity (Wildman–Crippen MR) is 83.8 cm³/mol. The fraction of sp³-hybridized carbons (Fsp3) is 0.385. The van der Waals surface area contributed by atoms with Gasteiger partial charge in [0.15, 0.2) is 0 Å². The van der Waals surface area contributed by atoms with Gasteiger partial charge in [-0.1, -0.05) is 0 Å². The summed E-state index contributed by atoms with van der Waals surface area (Å²) in [5.41, 5.74) is -0.713. The van der Waals surface area contributed by atoms with Gasteiger partial charge in [0.2, 0.25) is 5.91 Å². The molecule has 0 saturated heterocycles. The molecule has 1 amide bonds. The van der Waals surface area contributed by atoms with E-state index < -0.39 is 29.2 Å². The number of methoxy groups -OCH3 is 1. The zero-order chi connectivity index (χ0) is 16.7. The summed E-state index contributed by atoms with van der Waals surface area (Å²) in [7, 11) is 1.24. The van der Waals surface area contributed by atoms with Crippen LogP contribution in [0, 0.1) is 6.92 Å².